The molecule has 2 heterocycles. The van der Waals surface area contributed by atoms with Gasteiger partial charge in [0.15, 0.2) is 5.65 Å². The van der Waals surface area contributed by atoms with E-state index in [4.69, 9.17) is 11.6 Å². The molecule has 3 aromatic rings. The number of nitrogens with zero attached hydrogens (tertiary/aromatic N) is 2. The van der Waals surface area contributed by atoms with Crippen molar-refractivity contribution in [2.24, 2.45) is 0 Å². The van der Waals surface area contributed by atoms with Crippen molar-refractivity contribution in [1.29, 1.82) is 0 Å². The van der Waals surface area contributed by atoms with E-state index in [0.29, 0.717) is 28.6 Å². The van der Waals surface area contributed by atoms with E-state index in [9.17, 15) is 9.18 Å². The zero-order chi connectivity index (χ0) is 15.5. The number of H-pyrrole nitrogens is 1. The Kier molecular flexibility index (Phi) is 4.02. The first-order valence-electron chi connectivity index (χ1n) is 6.66. The van der Waals surface area contributed by atoms with E-state index in [1.54, 1.807) is 18.2 Å². The Bertz CT molecular complexity index is 833. The second-order valence-corrected chi connectivity index (χ2v) is 5.20. The molecule has 2 N–H and O–H groups in total. The SMILES string of the molecule is O=C(CCc1nc2ncc(Cl)cc2[nH]1)Nc1cccc(F)c1. The van der Waals surface area contributed by atoms with Gasteiger partial charge in [-0.3, -0.25) is 4.79 Å². The van der Waals surface area contributed by atoms with E-state index >= 15 is 0 Å². The molecule has 0 saturated carbocycles. The van der Waals surface area contributed by atoms with Crippen LogP contribution in [0, 0.1) is 5.82 Å². The number of fused-ring (bicyclic) bond motifs is 1. The third-order valence-corrected chi connectivity index (χ3v) is 3.26. The fourth-order valence-electron chi connectivity index (χ4n) is 2.06. The standard InChI is InChI=1S/C15H12ClFN4O/c16-9-6-12-15(18-8-9)21-13(20-12)4-5-14(22)19-11-3-1-2-10(17)7-11/h1-3,6-8H,4-5H2,(H,19,22)(H,18,20,21). The number of amides is 1. The predicted octanol–water partition coefficient (Wildman–Crippen LogP) is 3.32. The van der Waals surface area contributed by atoms with Gasteiger partial charge in [0.1, 0.15) is 11.6 Å². The van der Waals surface area contributed by atoms with Crippen molar-refractivity contribution in [1.82, 2.24) is 15.0 Å². The summed E-state index contributed by atoms with van der Waals surface area (Å²) in [6.07, 6.45) is 2.17. The molecule has 1 amide bonds. The van der Waals surface area contributed by atoms with Crippen molar-refractivity contribution in [3.63, 3.8) is 0 Å². The molecule has 0 spiro atoms. The number of pyridine rings is 1. The summed E-state index contributed by atoms with van der Waals surface area (Å²) in [5.74, 6) is 0.0502. The smallest absolute Gasteiger partial charge is 0.224 e. The lowest BCUT2D eigenvalue weighted by Gasteiger charge is -2.04. The summed E-state index contributed by atoms with van der Waals surface area (Å²) in [5.41, 5.74) is 1.72. The first-order chi connectivity index (χ1) is 10.6. The van der Waals surface area contributed by atoms with Crippen molar-refractivity contribution in [2.75, 3.05) is 5.32 Å². The molecule has 0 aliphatic rings. The second kappa shape index (κ2) is 6.11. The van der Waals surface area contributed by atoms with Gasteiger partial charge in [-0.05, 0) is 24.3 Å². The van der Waals surface area contributed by atoms with E-state index in [1.165, 1.54) is 18.3 Å². The lowest BCUT2D eigenvalue weighted by molar-refractivity contribution is -0.116. The molecule has 22 heavy (non-hydrogen) atoms. The molecule has 0 bridgehead atoms. The van der Waals surface area contributed by atoms with Gasteiger partial charge in [-0.15, -0.1) is 0 Å². The average Bonchev–Trinajstić information content (AvgIpc) is 2.87. The Hall–Kier alpha value is -2.47. The van der Waals surface area contributed by atoms with E-state index in [1.807, 2.05) is 0 Å². The van der Waals surface area contributed by atoms with Crippen molar-refractivity contribution in [3.8, 4) is 0 Å². The highest BCUT2D eigenvalue weighted by Crippen LogP contribution is 2.15. The maximum atomic E-state index is 13.0. The summed E-state index contributed by atoms with van der Waals surface area (Å²) in [7, 11) is 0. The highest BCUT2D eigenvalue weighted by molar-refractivity contribution is 6.31. The lowest BCUT2D eigenvalue weighted by Crippen LogP contribution is -2.12. The van der Waals surface area contributed by atoms with Gasteiger partial charge in [0.2, 0.25) is 5.91 Å². The van der Waals surface area contributed by atoms with E-state index in [-0.39, 0.29) is 12.3 Å². The Labute approximate surface area is 130 Å². The van der Waals surface area contributed by atoms with Gasteiger partial charge < -0.3 is 10.3 Å². The Balaban J connectivity index is 1.62. The molecule has 0 saturated heterocycles. The largest absolute Gasteiger partial charge is 0.341 e. The van der Waals surface area contributed by atoms with Gasteiger partial charge in [-0.1, -0.05) is 17.7 Å². The normalized spacial score (nSPS) is 10.8. The number of carbonyl (C=O) groups excluding carboxylic acids is 1. The van der Waals surface area contributed by atoms with Crippen LogP contribution in [0.5, 0.6) is 0 Å². The number of aryl methyl sites for hydroxylation is 1. The number of aromatic nitrogens is 3. The van der Waals surface area contributed by atoms with Crippen LogP contribution in [0.2, 0.25) is 5.02 Å². The van der Waals surface area contributed by atoms with Crippen LogP contribution in [-0.2, 0) is 11.2 Å². The van der Waals surface area contributed by atoms with Crippen LogP contribution < -0.4 is 5.32 Å². The van der Waals surface area contributed by atoms with Crippen LogP contribution in [0.25, 0.3) is 11.2 Å². The number of anilines is 1. The fraction of sp³-hybridized carbons (Fsp3) is 0.133. The molecule has 0 unspecified atom stereocenters. The molecule has 0 atom stereocenters. The molecule has 0 aliphatic heterocycles. The molecule has 1 aromatic carbocycles. The molecule has 0 aliphatic carbocycles. The number of imidazole rings is 1. The van der Waals surface area contributed by atoms with Crippen molar-refractivity contribution in [2.45, 2.75) is 12.8 Å². The minimum absolute atomic E-state index is 0.211. The third-order valence-electron chi connectivity index (χ3n) is 3.05. The number of hydrogen-bond donors (Lipinski definition) is 2. The van der Waals surface area contributed by atoms with Crippen LogP contribution in [0.3, 0.4) is 0 Å². The zero-order valence-electron chi connectivity index (χ0n) is 11.4. The molecule has 0 radical (unpaired) electrons. The van der Waals surface area contributed by atoms with Crippen LogP contribution in [0.15, 0.2) is 36.5 Å². The van der Waals surface area contributed by atoms with Crippen molar-refractivity contribution >= 4 is 34.4 Å². The molecule has 3 rings (SSSR count). The zero-order valence-corrected chi connectivity index (χ0v) is 12.2. The number of carbonyl (C=O) groups is 1. The highest BCUT2D eigenvalue weighted by Gasteiger charge is 2.08. The number of halogens is 2. The summed E-state index contributed by atoms with van der Waals surface area (Å²) in [5, 5.41) is 3.16. The Morgan fingerprint density at radius 2 is 2.23 bits per heavy atom. The van der Waals surface area contributed by atoms with Gasteiger partial charge in [0.25, 0.3) is 0 Å². The van der Waals surface area contributed by atoms with Crippen LogP contribution in [0.4, 0.5) is 10.1 Å². The van der Waals surface area contributed by atoms with E-state index in [0.717, 1.165) is 5.52 Å². The van der Waals surface area contributed by atoms with Crippen LogP contribution >= 0.6 is 11.6 Å². The number of benzene rings is 1. The average molecular weight is 319 g/mol. The van der Waals surface area contributed by atoms with E-state index < -0.39 is 5.82 Å². The van der Waals surface area contributed by atoms with Gasteiger partial charge in [0, 0.05) is 24.7 Å². The fourth-order valence-corrected chi connectivity index (χ4v) is 2.22. The summed E-state index contributed by atoms with van der Waals surface area (Å²) in [6, 6.07) is 7.49. The lowest BCUT2D eigenvalue weighted by atomic mass is 10.2. The Morgan fingerprint density at radius 1 is 1.36 bits per heavy atom. The quantitative estimate of drug-likeness (QED) is 0.775. The van der Waals surface area contributed by atoms with Crippen molar-refractivity contribution < 1.29 is 9.18 Å². The monoisotopic (exact) mass is 318 g/mol. The summed E-state index contributed by atoms with van der Waals surface area (Å²) in [6.45, 7) is 0. The van der Waals surface area contributed by atoms with Crippen LogP contribution in [0.1, 0.15) is 12.2 Å². The van der Waals surface area contributed by atoms with Gasteiger partial charge in [-0.25, -0.2) is 14.4 Å². The number of rotatable bonds is 4. The molecule has 112 valence electrons. The number of aromatic amines is 1. The maximum absolute atomic E-state index is 13.0. The van der Waals surface area contributed by atoms with Crippen LogP contribution in [-0.4, -0.2) is 20.9 Å². The summed E-state index contributed by atoms with van der Waals surface area (Å²) in [4.78, 5) is 23.3. The number of hydrogen-bond acceptors (Lipinski definition) is 3. The molecular formula is C15H12ClFN4O. The topological polar surface area (TPSA) is 70.7 Å². The molecule has 0 fully saturated rings. The predicted molar refractivity (Wildman–Crippen MR) is 82.2 cm³/mol. The molecule has 5 nitrogen and oxygen atoms in total. The number of nitrogens with one attached hydrogen (secondary N) is 2. The minimum Gasteiger partial charge on any atom is -0.341 e. The maximum Gasteiger partial charge on any atom is 0.224 e. The highest BCUT2D eigenvalue weighted by atomic mass is 35.5. The molecule has 2 aromatic heterocycles. The Morgan fingerprint density at radius 3 is 3.05 bits per heavy atom. The van der Waals surface area contributed by atoms with Gasteiger partial charge in [-0.2, -0.15) is 0 Å². The van der Waals surface area contributed by atoms with Gasteiger partial charge >= 0.3 is 0 Å². The first kappa shape index (κ1) is 14.5. The van der Waals surface area contributed by atoms with Gasteiger partial charge in [0.05, 0.1) is 10.5 Å². The molecular weight excluding hydrogens is 307 g/mol. The van der Waals surface area contributed by atoms with Crippen molar-refractivity contribution in [3.05, 3.63) is 53.2 Å². The molecule has 7 heteroatoms. The summed E-state index contributed by atoms with van der Waals surface area (Å²) < 4.78 is 13.0. The summed E-state index contributed by atoms with van der Waals surface area (Å²) >= 11 is 5.85. The third kappa shape index (κ3) is 3.40. The minimum atomic E-state index is -0.391. The first-order valence-corrected chi connectivity index (χ1v) is 7.03. The van der Waals surface area contributed by atoms with E-state index in [2.05, 4.69) is 20.3 Å². The second-order valence-electron chi connectivity index (χ2n) is 4.77.